The van der Waals surface area contributed by atoms with Gasteiger partial charge in [-0.1, -0.05) is 42.0 Å². The summed E-state index contributed by atoms with van der Waals surface area (Å²) in [5, 5.41) is 7.87. The molecule has 216 valence electrons. The zero-order chi connectivity index (χ0) is 28.4. The summed E-state index contributed by atoms with van der Waals surface area (Å²) in [5.41, 5.74) is 1.48. The lowest BCUT2D eigenvalue weighted by Crippen LogP contribution is -2.38. The molecule has 0 bridgehead atoms. The van der Waals surface area contributed by atoms with Crippen LogP contribution in [0.5, 0.6) is 0 Å². The Labute approximate surface area is 237 Å². The zero-order valence-electron chi connectivity index (χ0n) is 22.9. The number of rotatable bonds is 6. The molecule has 0 amide bonds. The van der Waals surface area contributed by atoms with E-state index in [2.05, 4.69) is 15.6 Å². The number of hydrogen-bond donors (Lipinski definition) is 3. The minimum atomic E-state index is -4.34. The molecule has 3 aromatic rings. The number of anilines is 2. The number of hydrogen-bond acceptors (Lipinski definition) is 6. The molecule has 2 aliphatic heterocycles. The predicted octanol–water partition coefficient (Wildman–Crippen LogP) is 5.82. The van der Waals surface area contributed by atoms with Crippen molar-refractivity contribution >= 4 is 22.7 Å². The van der Waals surface area contributed by atoms with Crippen LogP contribution >= 0.6 is 0 Å². The van der Waals surface area contributed by atoms with Crippen LogP contribution in [0.25, 0.3) is 22.2 Å². The lowest BCUT2D eigenvalue weighted by atomic mass is 9.81. The first-order valence-electron chi connectivity index (χ1n) is 14.5. The van der Waals surface area contributed by atoms with E-state index >= 15 is 0 Å². The van der Waals surface area contributed by atoms with Crippen molar-refractivity contribution in [2.24, 2.45) is 11.8 Å². The normalized spacial score (nSPS) is 20.6. The van der Waals surface area contributed by atoms with Gasteiger partial charge in [0.25, 0.3) is 5.56 Å². The first-order chi connectivity index (χ1) is 19.9. The Bertz CT molecular complexity index is 1510. The van der Waals surface area contributed by atoms with Crippen LogP contribution in [0.15, 0.2) is 64.5 Å². The number of pyridine rings is 1. The van der Waals surface area contributed by atoms with Crippen molar-refractivity contribution in [3.8, 4) is 11.3 Å². The summed E-state index contributed by atoms with van der Waals surface area (Å²) in [6, 6.07) is 11.6. The summed E-state index contributed by atoms with van der Waals surface area (Å²) >= 11 is 0. The third-order valence-corrected chi connectivity index (χ3v) is 8.52. The second-order valence-electron chi connectivity index (χ2n) is 11.2. The maximum atomic E-state index is 13.7. The van der Waals surface area contributed by atoms with Gasteiger partial charge >= 0.3 is 6.18 Å². The summed E-state index contributed by atoms with van der Waals surface area (Å²) in [6.07, 6.45) is 2.96. The highest BCUT2D eigenvalue weighted by molar-refractivity contribution is 5.83. The Hall–Kier alpha value is -3.66. The molecule has 10 heteroatoms. The Morgan fingerprint density at radius 2 is 1.88 bits per heavy atom. The van der Waals surface area contributed by atoms with Gasteiger partial charge in [-0.05, 0) is 75.6 Å². The number of aromatic nitrogens is 3. The first-order valence-corrected chi connectivity index (χ1v) is 14.5. The molecule has 4 heterocycles. The molecule has 2 fully saturated rings. The third kappa shape index (κ3) is 6.02. The van der Waals surface area contributed by atoms with Crippen LogP contribution in [-0.2, 0) is 0 Å². The van der Waals surface area contributed by atoms with Crippen LogP contribution < -0.4 is 21.1 Å². The molecule has 7 nitrogen and oxygen atoms in total. The lowest BCUT2D eigenvalue weighted by Gasteiger charge is -2.35. The van der Waals surface area contributed by atoms with Crippen LogP contribution in [0, 0.1) is 11.8 Å². The van der Waals surface area contributed by atoms with Crippen molar-refractivity contribution in [2.45, 2.75) is 44.7 Å². The van der Waals surface area contributed by atoms with Gasteiger partial charge in [-0.15, -0.1) is 0 Å². The minimum Gasteiger partial charge on any atom is -0.369 e. The highest BCUT2D eigenvalue weighted by Gasteiger charge is 2.38. The van der Waals surface area contributed by atoms with Gasteiger partial charge in [-0.2, -0.15) is 18.2 Å². The average molecular weight is 565 g/mol. The van der Waals surface area contributed by atoms with E-state index in [0.29, 0.717) is 79.8 Å². The van der Waals surface area contributed by atoms with Crippen LogP contribution in [0.3, 0.4) is 0 Å². The number of aromatic amines is 1. The van der Waals surface area contributed by atoms with E-state index < -0.39 is 11.7 Å². The summed E-state index contributed by atoms with van der Waals surface area (Å²) in [5.74, 6) is 1.22. The molecule has 1 atom stereocenters. The number of fused-ring (bicyclic) bond motifs is 1. The molecule has 2 aromatic heterocycles. The largest absolute Gasteiger partial charge is 0.416 e. The highest BCUT2D eigenvalue weighted by Crippen LogP contribution is 2.40. The number of para-hydroxylation sites is 1. The van der Waals surface area contributed by atoms with E-state index in [1.807, 2.05) is 41.3 Å². The Kier molecular flexibility index (Phi) is 7.84. The number of benzene rings is 1. The molecule has 6 rings (SSSR count). The average Bonchev–Trinajstić information content (AvgIpc) is 3.00. The minimum absolute atomic E-state index is 0.128. The predicted molar refractivity (Wildman–Crippen MR) is 156 cm³/mol. The maximum Gasteiger partial charge on any atom is 0.416 e. The van der Waals surface area contributed by atoms with E-state index in [-0.39, 0.29) is 11.5 Å². The number of nitrogens with zero attached hydrogens (tertiary/aromatic N) is 3. The van der Waals surface area contributed by atoms with E-state index in [1.165, 1.54) is 6.08 Å². The molecule has 3 N–H and O–H groups in total. The quantitative estimate of drug-likeness (QED) is 0.350. The molecule has 0 radical (unpaired) electrons. The van der Waals surface area contributed by atoms with Crippen molar-refractivity contribution in [3.63, 3.8) is 0 Å². The molecular formula is C31H35F3N6O. The van der Waals surface area contributed by atoms with Crippen molar-refractivity contribution in [1.29, 1.82) is 0 Å². The number of allylic oxidation sites excluding steroid dienone is 4. The Morgan fingerprint density at radius 3 is 2.66 bits per heavy atom. The van der Waals surface area contributed by atoms with Gasteiger partial charge in [0.05, 0.1) is 16.8 Å². The number of piperidine rings is 2. The van der Waals surface area contributed by atoms with E-state index in [9.17, 15) is 18.0 Å². The SMILES string of the molecule is O=c1[nH]c(N2CCC(C3=C(C(F)(F)F)C=CCC3)CC2)nc(NC[C@@H]2CCCNC2)c1-c1ccc2ccccc2n1. The molecule has 1 aliphatic carbocycles. The van der Waals surface area contributed by atoms with Crippen molar-refractivity contribution in [1.82, 2.24) is 20.3 Å². The molecular weight excluding hydrogens is 529 g/mol. The molecule has 0 spiro atoms. The third-order valence-electron chi connectivity index (χ3n) is 8.52. The van der Waals surface area contributed by atoms with Gasteiger partial charge < -0.3 is 15.5 Å². The lowest BCUT2D eigenvalue weighted by molar-refractivity contribution is -0.0899. The Balaban J connectivity index is 1.28. The van der Waals surface area contributed by atoms with E-state index in [4.69, 9.17) is 9.97 Å². The molecule has 1 aromatic carbocycles. The summed E-state index contributed by atoms with van der Waals surface area (Å²) < 4.78 is 41.0. The number of alkyl halides is 3. The number of H-pyrrole nitrogens is 1. The molecule has 0 unspecified atom stereocenters. The standard InChI is InChI=1S/C31H35F3N6O/c32-31(33,34)24-9-3-2-8-23(24)21-13-16-40(17-14-21)30-38-28(36-19-20-6-5-15-35-18-20)27(29(41)39-30)26-12-11-22-7-1-4-10-25(22)37-26/h1,3-4,7,9-12,20-21,35H,2,5-6,8,13-19H2,(H2,36,38,39,41)/t20-/m1/s1. The van der Waals surface area contributed by atoms with Crippen LogP contribution in [0.1, 0.15) is 38.5 Å². The summed E-state index contributed by atoms with van der Waals surface area (Å²) in [6.45, 7) is 3.64. The van der Waals surface area contributed by atoms with Gasteiger partial charge in [0.15, 0.2) is 0 Å². The molecule has 2 saturated heterocycles. The molecule has 0 saturated carbocycles. The first kappa shape index (κ1) is 27.5. The van der Waals surface area contributed by atoms with Crippen molar-refractivity contribution in [2.75, 3.05) is 42.9 Å². The second kappa shape index (κ2) is 11.7. The maximum absolute atomic E-state index is 13.7. The van der Waals surface area contributed by atoms with Crippen LogP contribution in [0.2, 0.25) is 0 Å². The molecule has 41 heavy (non-hydrogen) atoms. The second-order valence-corrected chi connectivity index (χ2v) is 11.2. The van der Waals surface area contributed by atoms with E-state index in [0.717, 1.165) is 36.8 Å². The van der Waals surface area contributed by atoms with Crippen molar-refractivity contribution in [3.05, 3.63) is 70.1 Å². The van der Waals surface area contributed by atoms with Gasteiger partial charge in [0.1, 0.15) is 11.4 Å². The number of nitrogens with one attached hydrogen (secondary N) is 3. The summed E-state index contributed by atoms with van der Waals surface area (Å²) in [7, 11) is 0. The van der Waals surface area contributed by atoms with Crippen LogP contribution in [0.4, 0.5) is 24.9 Å². The fraction of sp³-hybridized carbons (Fsp3) is 0.452. The fourth-order valence-electron chi connectivity index (χ4n) is 6.34. The Morgan fingerprint density at radius 1 is 1.05 bits per heavy atom. The summed E-state index contributed by atoms with van der Waals surface area (Å²) in [4.78, 5) is 28.2. The highest BCUT2D eigenvalue weighted by atomic mass is 19.4. The number of halogens is 3. The van der Waals surface area contributed by atoms with Crippen molar-refractivity contribution < 1.29 is 13.2 Å². The van der Waals surface area contributed by atoms with Gasteiger partial charge in [-0.3, -0.25) is 9.78 Å². The fourth-order valence-corrected chi connectivity index (χ4v) is 6.34. The van der Waals surface area contributed by atoms with E-state index in [1.54, 1.807) is 6.08 Å². The topological polar surface area (TPSA) is 85.9 Å². The molecule has 3 aliphatic rings. The zero-order valence-corrected chi connectivity index (χ0v) is 22.9. The van der Waals surface area contributed by atoms with Crippen LogP contribution in [-0.4, -0.2) is 53.9 Å². The monoisotopic (exact) mass is 564 g/mol. The smallest absolute Gasteiger partial charge is 0.369 e. The van der Waals surface area contributed by atoms with Gasteiger partial charge in [0, 0.05) is 25.0 Å². The van der Waals surface area contributed by atoms with Gasteiger partial charge in [-0.25, -0.2) is 4.98 Å². The van der Waals surface area contributed by atoms with Gasteiger partial charge in [0.2, 0.25) is 5.95 Å².